The zero-order valence-electron chi connectivity index (χ0n) is 18.3. The molecule has 1 atom stereocenters. The quantitative estimate of drug-likeness (QED) is 0.148. The van der Waals surface area contributed by atoms with E-state index < -0.39 is 0 Å². The Hall–Kier alpha value is -2.27. The molecule has 4 rings (SSSR count). The van der Waals surface area contributed by atoms with Gasteiger partial charge in [-0.25, -0.2) is 4.99 Å². The minimum atomic E-state index is 0. The first-order valence-corrected chi connectivity index (χ1v) is 11.5. The molecule has 0 aliphatic carbocycles. The molecule has 32 heavy (non-hydrogen) atoms. The second kappa shape index (κ2) is 12.1. The molecule has 9 heteroatoms. The first kappa shape index (κ1) is 24.4. The summed E-state index contributed by atoms with van der Waals surface area (Å²) in [6.07, 6.45) is 0.888. The van der Waals surface area contributed by atoms with Gasteiger partial charge < -0.3 is 19.9 Å². The van der Waals surface area contributed by atoms with Crippen LogP contribution in [0.2, 0.25) is 0 Å². The summed E-state index contributed by atoms with van der Waals surface area (Å²) in [4.78, 5) is 6.07. The Morgan fingerprint density at radius 1 is 1.16 bits per heavy atom. The highest BCUT2D eigenvalue weighted by Gasteiger charge is 2.22. The van der Waals surface area contributed by atoms with Gasteiger partial charge in [0.1, 0.15) is 18.1 Å². The van der Waals surface area contributed by atoms with Gasteiger partial charge in [-0.3, -0.25) is 0 Å². The molecule has 2 heterocycles. The third-order valence-corrected chi connectivity index (χ3v) is 6.25. The Bertz CT molecular complexity index is 1030. The van der Waals surface area contributed by atoms with E-state index >= 15 is 0 Å². The molecule has 7 nitrogen and oxygen atoms in total. The fourth-order valence-electron chi connectivity index (χ4n) is 3.40. The number of para-hydroxylation sites is 1. The molecule has 0 spiro atoms. The van der Waals surface area contributed by atoms with Gasteiger partial charge in [0.15, 0.2) is 11.8 Å². The van der Waals surface area contributed by atoms with E-state index in [0.717, 1.165) is 47.6 Å². The minimum absolute atomic E-state index is 0. The number of hydrogen-bond donors (Lipinski definition) is 2. The Balaban J connectivity index is 0.00000289. The summed E-state index contributed by atoms with van der Waals surface area (Å²) >= 11 is 1.83. The zero-order chi connectivity index (χ0) is 21.5. The number of nitrogens with zero attached hydrogens (tertiary/aromatic N) is 4. The van der Waals surface area contributed by atoms with Crippen molar-refractivity contribution in [2.75, 3.05) is 18.9 Å². The normalized spacial score (nSPS) is 15.3. The first-order chi connectivity index (χ1) is 15.2. The van der Waals surface area contributed by atoms with Crippen LogP contribution in [0.4, 0.5) is 0 Å². The maximum atomic E-state index is 5.81. The molecule has 0 bridgehead atoms. The van der Waals surface area contributed by atoms with Gasteiger partial charge >= 0.3 is 0 Å². The Kier molecular flexibility index (Phi) is 9.22. The summed E-state index contributed by atoms with van der Waals surface area (Å²) in [7, 11) is 1.96. The molecule has 3 aromatic rings. The average molecular weight is 564 g/mol. The van der Waals surface area contributed by atoms with Crippen LogP contribution in [0, 0.1) is 6.92 Å². The molecular weight excluding hydrogens is 535 g/mol. The van der Waals surface area contributed by atoms with Crippen LogP contribution in [-0.4, -0.2) is 39.6 Å². The molecule has 2 aromatic carbocycles. The summed E-state index contributed by atoms with van der Waals surface area (Å²) in [5.74, 6) is 4.37. The molecule has 0 radical (unpaired) electrons. The molecule has 1 aliphatic rings. The number of aliphatic imine (C=N–C) groups is 1. The Morgan fingerprint density at radius 3 is 2.72 bits per heavy atom. The van der Waals surface area contributed by atoms with Crippen LogP contribution in [0.1, 0.15) is 29.7 Å². The number of aryl methyl sites for hydroxylation is 1. The predicted molar refractivity (Wildman–Crippen MR) is 140 cm³/mol. The average Bonchev–Trinajstić information content (AvgIpc) is 3.13. The van der Waals surface area contributed by atoms with Gasteiger partial charge in [-0.15, -0.1) is 45.9 Å². The first-order valence-electron chi connectivity index (χ1n) is 10.5. The Morgan fingerprint density at radius 2 is 1.94 bits per heavy atom. The van der Waals surface area contributed by atoms with Crippen LogP contribution >= 0.6 is 35.7 Å². The fraction of sp³-hybridized carbons (Fsp3) is 0.348. The fourth-order valence-corrected chi connectivity index (χ4v) is 4.19. The largest absolute Gasteiger partial charge is 0.493 e. The highest BCUT2D eigenvalue weighted by molar-refractivity contribution is 14.0. The molecule has 0 saturated carbocycles. The van der Waals surface area contributed by atoms with Crippen molar-refractivity contribution in [3.63, 3.8) is 0 Å². The number of benzene rings is 2. The van der Waals surface area contributed by atoms with Gasteiger partial charge in [0.05, 0.1) is 12.6 Å². The van der Waals surface area contributed by atoms with E-state index in [-0.39, 0.29) is 30.0 Å². The number of ether oxygens (including phenoxy) is 1. The molecule has 2 N–H and O–H groups in total. The van der Waals surface area contributed by atoms with E-state index in [1.54, 1.807) is 0 Å². The number of nitrogens with one attached hydrogen (secondary N) is 2. The molecule has 0 amide bonds. The maximum Gasteiger partial charge on any atom is 0.192 e. The maximum absolute atomic E-state index is 5.81. The van der Waals surface area contributed by atoms with E-state index in [9.17, 15) is 0 Å². The lowest BCUT2D eigenvalue weighted by Gasteiger charge is -2.28. The lowest BCUT2D eigenvalue weighted by Crippen LogP contribution is -2.42. The van der Waals surface area contributed by atoms with Crippen molar-refractivity contribution in [2.45, 2.75) is 30.8 Å². The highest BCUT2D eigenvalue weighted by Crippen LogP contribution is 2.31. The van der Waals surface area contributed by atoms with Gasteiger partial charge in [0.2, 0.25) is 0 Å². The van der Waals surface area contributed by atoms with E-state index in [0.29, 0.717) is 13.2 Å². The van der Waals surface area contributed by atoms with Crippen LogP contribution < -0.4 is 15.4 Å². The van der Waals surface area contributed by atoms with Gasteiger partial charge in [-0.2, -0.15) is 0 Å². The SMILES string of the molecule is Cc1nnc(CN=C(NCCSc2ccccc2)NC2CCOc3ccccc32)n1C.I. The topological polar surface area (TPSA) is 76.4 Å². The van der Waals surface area contributed by atoms with E-state index in [1.165, 1.54) is 4.90 Å². The molecule has 1 aromatic heterocycles. The number of thioether (sulfide) groups is 1. The van der Waals surface area contributed by atoms with Crippen LogP contribution in [0.5, 0.6) is 5.75 Å². The lowest BCUT2D eigenvalue weighted by molar-refractivity contribution is 0.261. The second-order valence-electron chi connectivity index (χ2n) is 7.35. The smallest absolute Gasteiger partial charge is 0.192 e. The van der Waals surface area contributed by atoms with Crippen LogP contribution in [0.25, 0.3) is 0 Å². The number of guanidine groups is 1. The van der Waals surface area contributed by atoms with Gasteiger partial charge in [0, 0.05) is 36.2 Å². The summed E-state index contributed by atoms with van der Waals surface area (Å²) in [6, 6.07) is 18.8. The standard InChI is InChI=1S/C23H28N6OS.HI/c1-17-27-28-22(29(17)2)16-25-23(24-13-15-31-18-8-4-3-5-9-18)26-20-12-14-30-21-11-7-6-10-19(20)21;/h3-11,20H,12-16H2,1-2H3,(H2,24,25,26);1H. The highest BCUT2D eigenvalue weighted by atomic mass is 127. The lowest BCUT2D eigenvalue weighted by atomic mass is 10.0. The number of fused-ring (bicyclic) bond motifs is 1. The molecular formula is C23H29IN6OS. The second-order valence-corrected chi connectivity index (χ2v) is 8.52. The van der Waals surface area contributed by atoms with E-state index in [1.807, 2.05) is 54.6 Å². The van der Waals surface area contributed by atoms with Gasteiger partial charge in [-0.1, -0.05) is 36.4 Å². The Labute approximate surface area is 210 Å². The molecule has 1 aliphatic heterocycles. The van der Waals surface area contributed by atoms with Crippen molar-refractivity contribution in [2.24, 2.45) is 12.0 Å². The zero-order valence-corrected chi connectivity index (χ0v) is 21.5. The number of aromatic nitrogens is 3. The summed E-state index contributed by atoms with van der Waals surface area (Å²) in [5.41, 5.74) is 1.16. The van der Waals surface area contributed by atoms with Crippen molar-refractivity contribution >= 4 is 41.7 Å². The van der Waals surface area contributed by atoms with Gasteiger partial charge in [0.25, 0.3) is 0 Å². The molecule has 0 fully saturated rings. The summed E-state index contributed by atoms with van der Waals surface area (Å²) in [5, 5.41) is 15.4. The predicted octanol–water partition coefficient (Wildman–Crippen LogP) is 4.09. The summed E-state index contributed by atoms with van der Waals surface area (Å²) < 4.78 is 7.77. The van der Waals surface area contributed by atoms with Crippen LogP contribution in [0.3, 0.4) is 0 Å². The van der Waals surface area contributed by atoms with Crippen LogP contribution in [-0.2, 0) is 13.6 Å². The van der Waals surface area contributed by atoms with Crippen molar-refractivity contribution < 1.29 is 4.74 Å². The number of rotatable bonds is 7. The summed E-state index contributed by atoms with van der Waals surface area (Å²) in [6.45, 7) is 3.89. The number of hydrogen-bond acceptors (Lipinski definition) is 5. The minimum Gasteiger partial charge on any atom is -0.493 e. The van der Waals surface area contributed by atoms with Crippen molar-refractivity contribution in [1.82, 2.24) is 25.4 Å². The van der Waals surface area contributed by atoms with E-state index in [2.05, 4.69) is 51.2 Å². The van der Waals surface area contributed by atoms with Crippen LogP contribution in [0.15, 0.2) is 64.5 Å². The molecule has 1 unspecified atom stereocenters. The van der Waals surface area contributed by atoms with Crippen molar-refractivity contribution in [1.29, 1.82) is 0 Å². The molecule has 0 saturated heterocycles. The number of halogens is 1. The molecule has 170 valence electrons. The monoisotopic (exact) mass is 564 g/mol. The third kappa shape index (κ3) is 6.38. The van der Waals surface area contributed by atoms with Crippen molar-refractivity contribution in [3.05, 3.63) is 71.8 Å². The third-order valence-electron chi connectivity index (χ3n) is 5.24. The van der Waals surface area contributed by atoms with Crippen molar-refractivity contribution in [3.8, 4) is 5.75 Å². The van der Waals surface area contributed by atoms with Gasteiger partial charge in [-0.05, 0) is 25.1 Å². The van der Waals surface area contributed by atoms with E-state index in [4.69, 9.17) is 9.73 Å².